The van der Waals surface area contributed by atoms with Crippen LogP contribution >= 0.6 is 0 Å². The van der Waals surface area contributed by atoms with E-state index in [9.17, 15) is 5.11 Å². The van der Waals surface area contributed by atoms with Crippen LogP contribution in [-0.2, 0) is 0 Å². The zero-order chi connectivity index (χ0) is 11.4. The summed E-state index contributed by atoms with van der Waals surface area (Å²) in [6, 6.07) is 10.3. The van der Waals surface area contributed by atoms with Gasteiger partial charge in [-0.2, -0.15) is 0 Å². The van der Waals surface area contributed by atoms with Crippen molar-refractivity contribution < 1.29 is 5.11 Å². The number of piperidine rings is 1. The van der Waals surface area contributed by atoms with Crippen molar-refractivity contribution in [2.75, 3.05) is 19.6 Å². The molecule has 3 atom stereocenters. The van der Waals surface area contributed by atoms with Gasteiger partial charge in [0, 0.05) is 18.4 Å². The minimum Gasteiger partial charge on any atom is -0.393 e. The molecule has 0 aliphatic carbocycles. The molecule has 1 heterocycles. The summed E-state index contributed by atoms with van der Waals surface area (Å²) in [6.45, 7) is 2.36. The summed E-state index contributed by atoms with van der Waals surface area (Å²) in [5.41, 5.74) is 7.09. The lowest BCUT2D eigenvalue weighted by Crippen LogP contribution is -2.44. The Morgan fingerprint density at radius 1 is 1.38 bits per heavy atom. The summed E-state index contributed by atoms with van der Waals surface area (Å²) in [6.07, 6.45) is 0.601. The third-order valence-corrected chi connectivity index (χ3v) is 3.49. The molecule has 0 aromatic heterocycles. The van der Waals surface area contributed by atoms with Gasteiger partial charge in [-0.25, -0.2) is 0 Å². The summed E-state index contributed by atoms with van der Waals surface area (Å²) in [5.74, 6) is 0.491. The Labute approximate surface area is 96.7 Å². The van der Waals surface area contributed by atoms with Crippen LogP contribution in [0.2, 0.25) is 0 Å². The summed E-state index contributed by atoms with van der Waals surface area (Å²) in [7, 11) is 0. The molecule has 4 N–H and O–H groups in total. The lowest BCUT2D eigenvalue weighted by Gasteiger charge is -2.34. The SMILES string of the molecule is NCC(c1ccccc1)C1CNCCC1O. The molecule has 16 heavy (non-hydrogen) atoms. The van der Waals surface area contributed by atoms with E-state index >= 15 is 0 Å². The fourth-order valence-electron chi connectivity index (χ4n) is 2.54. The van der Waals surface area contributed by atoms with Crippen molar-refractivity contribution in [3.63, 3.8) is 0 Å². The highest BCUT2D eigenvalue weighted by Gasteiger charge is 2.30. The van der Waals surface area contributed by atoms with Gasteiger partial charge in [0.2, 0.25) is 0 Å². The topological polar surface area (TPSA) is 58.3 Å². The Bertz CT molecular complexity index is 315. The highest BCUT2D eigenvalue weighted by Crippen LogP contribution is 2.28. The van der Waals surface area contributed by atoms with Crippen LogP contribution in [0, 0.1) is 5.92 Å². The van der Waals surface area contributed by atoms with Gasteiger partial charge in [-0.1, -0.05) is 30.3 Å². The van der Waals surface area contributed by atoms with Crippen molar-refractivity contribution >= 4 is 0 Å². The average Bonchev–Trinajstić information content (AvgIpc) is 2.34. The van der Waals surface area contributed by atoms with Crippen molar-refractivity contribution in [1.82, 2.24) is 5.32 Å². The van der Waals surface area contributed by atoms with Crippen molar-refractivity contribution in [2.24, 2.45) is 11.7 Å². The zero-order valence-electron chi connectivity index (χ0n) is 9.47. The monoisotopic (exact) mass is 220 g/mol. The lowest BCUT2D eigenvalue weighted by atomic mass is 9.80. The van der Waals surface area contributed by atoms with Crippen molar-refractivity contribution in [1.29, 1.82) is 0 Å². The average molecular weight is 220 g/mol. The number of hydrogen-bond acceptors (Lipinski definition) is 3. The van der Waals surface area contributed by atoms with Crippen LogP contribution < -0.4 is 11.1 Å². The molecule has 0 spiro atoms. The Kier molecular flexibility index (Phi) is 3.93. The third kappa shape index (κ3) is 2.43. The van der Waals surface area contributed by atoms with Crippen LogP contribution in [0.3, 0.4) is 0 Å². The van der Waals surface area contributed by atoms with Gasteiger partial charge in [-0.3, -0.25) is 0 Å². The van der Waals surface area contributed by atoms with E-state index in [1.807, 2.05) is 18.2 Å². The first kappa shape index (κ1) is 11.6. The van der Waals surface area contributed by atoms with Gasteiger partial charge < -0.3 is 16.2 Å². The Balaban J connectivity index is 2.15. The maximum atomic E-state index is 10.0. The zero-order valence-corrected chi connectivity index (χ0v) is 9.47. The van der Waals surface area contributed by atoms with Crippen LogP contribution in [0.5, 0.6) is 0 Å². The Morgan fingerprint density at radius 2 is 2.12 bits per heavy atom. The van der Waals surface area contributed by atoms with Gasteiger partial charge in [0.05, 0.1) is 6.10 Å². The van der Waals surface area contributed by atoms with Crippen LogP contribution in [0.4, 0.5) is 0 Å². The molecule has 1 aliphatic rings. The molecule has 0 bridgehead atoms. The van der Waals surface area contributed by atoms with Gasteiger partial charge in [-0.15, -0.1) is 0 Å². The molecule has 0 saturated carbocycles. The first-order valence-electron chi connectivity index (χ1n) is 5.96. The Hall–Kier alpha value is -0.900. The second kappa shape index (κ2) is 5.43. The molecular formula is C13H20N2O. The molecule has 3 unspecified atom stereocenters. The summed E-state index contributed by atoms with van der Waals surface area (Å²) in [4.78, 5) is 0. The lowest BCUT2D eigenvalue weighted by molar-refractivity contribution is 0.0654. The van der Waals surface area contributed by atoms with Crippen LogP contribution in [-0.4, -0.2) is 30.8 Å². The molecule has 3 nitrogen and oxygen atoms in total. The summed E-state index contributed by atoms with van der Waals surface area (Å²) in [5, 5.41) is 13.4. The van der Waals surface area contributed by atoms with E-state index in [-0.39, 0.29) is 17.9 Å². The normalized spacial score (nSPS) is 27.6. The molecule has 0 radical (unpaired) electrons. The third-order valence-electron chi connectivity index (χ3n) is 3.49. The second-order valence-electron chi connectivity index (χ2n) is 4.48. The molecule has 2 rings (SSSR count). The standard InChI is InChI=1S/C13H20N2O/c14-8-11(10-4-2-1-3-5-10)12-9-15-7-6-13(12)16/h1-5,11-13,15-16H,6-9,14H2. The van der Waals surface area contributed by atoms with E-state index in [0.29, 0.717) is 6.54 Å². The molecule has 1 aromatic carbocycles. The van der Waals surface area contributed by atoms with Gasteiger partial charge >= 0.3 is 0 Å². The molecule has 88 valence electrons. The Morgan fingerprint density at radius 3 is 2.75 bits per heavy atom. The van der Waals surface area contributed by atoms with Gasteiger partial charge in [0.15, 0.2) is 0 Å². The van der Waals surface area contributed by atoms with Crippen LogP contribution in [0.15, 0.2) is 30.3 Å². The summed E-state index contributed by atoms with van der Waals surface area (Å²) < 4.78 is 0. The predicted molar refractivity (Wildman–Crippen MR) is 65.2 cm³/mol. The number of nitrogens with two attached hydrogens (primary N) is 1. The van der Waals surface area contributed by atoms with Crippen molar-refractivity contribution in [2.45, 2.75) is 18.4 Å². The first-order valence-corrected chi connectivity index (χ1v) is 5.96. The molecule has 1 aliphatic heterocycles. The molecule has 1 aromatic rings. The molecule has 0 amide bonds. The van der Waals surface area contributed by atoms with Crippen LogP contribution in [0.1, 0.15) is 17.9 Å². The largest absolute Gasteiger partial charge is 0.393 e. The maximum absolute atomic E-state index is 10.0. The fourth-order valence-corrected chi connectivity index (χ4v) is 2.54. The molecule has 3 heteroatoms. The number of rotatable bonds is 3. The van der Waals surface area contributed by atoms with E-state index in [2.05, 4.69) is 17.4 Å². The van der Waals surface area contributed by atoms with Gasteiger partial charge in [0.1, 0.15) is 0 Å². The predicted octanol–water partition coefficient (Wildman–Crippen LogP) is 0.699. The van der Waals surface area contributed by atoms with E-state index < -0.39 is 0 Å². The number of hydrogen-bond donors (Lipinski definition) is 3. The van der Waals surface area contributed by atoms with E-state index in [1.54, 1.807) is 0 Å². The second-order valence-corrected chi connectivity index (χ2v) is 4.48. The molecule has 1 saturated heterocycles. The van der Waals surface area contributed by atoms with E-state index in [4.69, 9.17) is 5.73 Å². The van der Waals surface area contributed by atoms with Crippen LogP contribution in [0.25, 0.3) is 0 Å². The highest BCUT2D eigenvalue weighted by molar-refractivity contribution is 5.21. The van der Waals surface area contributed by atoms with Gasteiger partial charge in [-0.05, 0) is 25.1 Å². The fraction of sp³-hybridized carbons (Fsp3) is 0.538. The van der Waals surface area contributed by atoms with Crippen molar-refractivity contribution in [3.8, 4) is 0 Å². The molecular weight excluding hydrogens is 200 g/mol. The summed E-state index contributed by atoms with van der Waals surface area (Å²) >= 11 is 0. The number of aliphatic hydroxyl groups is 1. The number of benzene rings is 1. The number of nitrogens with one attached hydrogen (secondary N) is 1. The highest BCUT2D eigenvalue weighted by atomic mass is 16.3. The van der Waals surface area contributed by atoms with E-state index in [1.165, 1.54) is 5.56 Å². The van der Waals surface area contributed by atoms with Crippen molar-refractivity contribution in [3.05, 3.63) is 35.9 Å². The van der Waals surface area contributed by atoms with Gasteiger partial charge in [0.25, 0.3) is 0 Å². The minimum absolute atomic E-state index is 0.227. The number of aliphatic hydroxyl groups excluding tert-OH is 1. The van der Waals surface area contributed by atoms with E-state index in [0.717, 1.165) is 19.5 Å². The molecule has 1 fully saturated rings. The maximum Gasteiger partial charge on any atom is 0.0599 e. The quantitative estimate of drug-likeness (QED) is 0.703. The smallest absolute Gasteiger partial charge is 0.0599 e. The first-order chi connectivity index (χ1) is 7.83. The minimum atomic E-state index is -0.227.